The second-order valence-electron chi connectivity index (χ2n) is 5.23. The quantitative estimate of drug-likeness (QED) is 0.724. The summed E-state index contributed by atoms with van der Waals surface area (Å²) in [7, 11) is -1.02. The average molecular weight is 335 g/mol. The van der Waals surface area contributed by atoms with Crippen molar-refractivity contribution in [3.8, 4) is 6.07 Å². The molecular formula is C14H17N5O3S. The van der Waals surface area contributed by atoms with E-state index < -0.39 is 10.2 Å². The smallest absolute Gasteiger partial charge is 0.269 e. The molecule has 0 N–H and O–H groups in total. The number of nitrogens with zero attached hydrogens (tertiary/aromatic N) is 5. The fourth-order valence-electron chi connectivity index (χ4n) is 2.04. The van der Waals surface area contributed by atoms with Crippen LogP contribution in [-0.2, 0) is 16.8 Å². The van der Waals surface area contributed by atoms with Gasteiger partial charge in [-0.05, 0) is 24.6 Å². The Kier molecular flexibility index (Phi) is 4.79. The van der Waals surface area contributed by atoms with Gasteiger partial charge >= 0.3 is 0 Å². The fourth-order valence-corrected chi connectivity index (χ4v) is 3.02. The highest BCUT2D eigenvalue weighted by molar-refractivity contribution is 7.86. The van der Waals surface area contributed by atoms with Crippen molar-refractivity contribution < 1.29 is 8.42 Å². The van der Waals surface area contributed by atoms with E-state index in [0.29, 0.717) is 11.3 Å². The molecule has 122 valence electrons. The highest BCUT2D eigenvalue weighted by Gasteiger charge is 2.25. The number of hydrogen-bond donors (Lipinski definition) is 0. The number of aryl methyl sites for hydroxylation is 1. The molecular weight excluding hydrogens is 318 g/mol. The maximum atomic E-state index is 12.2. The van der Waals surface area contributed by atoms with Crippen molar-refractivity contribution in [1.29, 1.82) is 5.26 Å². The summed E-state index contributed by atoms with van der Waals surface area (Å²) in [6.07, 6.45) is 1.62. The molecule has 0 aromatic carbocycles. The van der Waals surface area contributed by atoms with E-state index in [4.69, 9.17) is 5.26 Å². The zero-order chi connectivity index (χ0) is 17.2. The standard InChI is InChI=1S/C14H17N5O3S/c1-11-4-6-19-13(8-11)16-12(9-14(19)20)10-18(7-5-15)23(21,22)17(2)3/h4,6,8-9H,7,10H2,1-3H3. The minimum atomic E-state index is -3.78. The molecule has 2 heterocycles. The summed E-state index contributed by atoms with van der Waals surface area (Å²) < 4.78 is 27.8. The van der Waals surface area contributed by atoms with E-state index >= 15 is 0 Å². The highest BCUT2D eigenvalue weighted by Crippen LogP contribution is 2.10. The summed E-state index contributed by atoms with van der Waals surface area (Å²) >= 11 is 0. The molecule has 0 atom stereocenters. The van der Waals surface area contributed by atoms with Gasteiger partial charge in [-0.25, -0.2) is 4.98 Å². The van der Waals surface area contributed by atoms with Crippen molar-refractivity contribution >= 4 is 15.9 Å². The maximum absolute atomic E-state index is 12.2. The Hall–Kier alpha value is -2.28. The van der Waals surface area contributed by atoms with Gasteiger partial charge in [0.25, 0.3) is 15.8 Å². The van der Waals surface area contributed by atoms with Crippen LogP contribution in [0.2, 0.25) is 0 Å². The SMILES string of the molecule is Cc1ccn2c(=O)cc(CN(CC#N)S(=O)(=O)N(C)C)nc2c1. The summed E-state index contributed by atoms with van der Waals surface area (Å²) in [5, 5.41) is 8.86. The summed E-state index contributed by atoms with van der Waals surface area (Å²) in [5.41, 5.74) is 1.36. The third kappa shape index (κ3) is 3.56. The van der Waals surface area contributed by atoms with Gasteiger partial charge in [-0.2, -0.15) is 22.3 Å². The largest absolute Gasteiger partial charge is 0.282 e. The molecule has 0 saturated heterocycles. The van der Waals surface area contributed by atoms with Gasteiger partial charge in [-0.1, -0.05) is 0 Å². The van der Waals surface area contributed by atoms with Crippen LogP contribution in [-0.4, -0.2) is 47.1 Å². The first-order valence-electron chi connectivity index (χ1n) is 6.79. The molecule has 0 fully saturated rings. The lowest BCUT2D eigenvalue weighted by Gasteiger charge is -2.22. The molecule has 2 rings (SSSR count). The van der Waals surface area contributed by atoms with Crippen LogP contribution < -0.4 is 5.56 Å². The number of nitriles is 1. The predicted molar refractivity (Wildman–Crippen MR) is 84.8 cm³/mol. The fraction of sp³-hybridized carbons (Fsp3) is 0.357. The van der Waals surface area contributed by atoms with Crippen molar-refractivity contribution in [2.24, 2.45) is 0 Å². The second-order valence-corrected chi connectivity index (χ2v) is 7.38. The molecule has 0 aliphatic heterocycles. The molecule has 0 aliphatic rings. The Morgan fingerprint density at radius 3 is 2.65 bits per heavy atom. The van der Waals surface area contributed by atoms with Gasteiger partial charge in [0.05, 0.1) is 18.3 Å². The maximum Gasteiger partial charge on any atom is 0.282 e. The zero-order valence-corrected chi connectivity index (χ0v) is 13.9. The molecule has 23 heavy (non-hydrogen) atoms. The van der Waals surface area contributed by atoms with Crippen LogP contribution in [0.25, 0.3) is 5.65 Å². The Labute approximate surface area is 134 Å². The lowest BCUT2D eigenvalue weighted by Crippen LogP contribution is -2.40. The number of pyridine rings is 1. The van der Waals surface area contributed by atoms with E-state index in [1.807, 2.05) is 13.0 Å². The number of fused-ring (bicyclic) bond motifs is 1. The Morgan fingerprint density at radius 2 is 2.04 bits per heavy atom. The first-order valence-corrected chi connectivity index (χ1v) is 8.19. The van der Waals surface area contributed by atoms with Gasteiger partial charge in [0.2, 0.25) is 0 Å². The minimum absolute atomic E-state index is 0.145. The Morgan fingerprint density at radius 1 is 1.35 bits per heavy atom. The van der Waals surface area contributed by atoms with Gasteiger partial charge < -0.3 is 0 Å². The first kappa shape index (κ1) is 17.1. The topological polar surface area (TPSA) is 98.8 Å². The monoisotopic (exact) mass is 335 g/mol. The molecule has 0 radical (unpaired) electrons. The van der Waals surface area contributed by atoms with Crippen LogP contribution in [0, 0.1) is 18.3 Å². The Balaban J connectivity index is 2.47. The third-order valence-corrected chi connectivity index (χ3v) is 5.08. The number of rotatable bonds is 5. The van der Waals surface area contributed by atoms with Crippen LogP contribution >= 0.6 is 0 Å². The van der Waals surface area contributed by atoms with Crippen LogP contribution in [0.1, 0.15) is 11.3 Å². The summed E-state index contributed by atoms with van der Waals surface area (Å²) in [6, 6.07) is 6.62. The van der Waals surface area contributed by atoms with Crippen molar-refractivity contribution in [2.45, 2.75) is 13.5 Å². The number of hydrogen-bond acceptors (Lipinski definition) is 5. The van der Waals surface area contributed by atoms with Gasteiger partial charge in [0, 0.05) is 26.4 Å². The van der Waals surface area contributed by atoms with E-state index in [-0.39, 0.29) is 18.6 Å². The first-order chi connectivity index (χ1) is 10.8. The molecule has 2 aromatic heterocycles. The molecule has 0 unspecified atom stereocenters. The summed E-state index contributed by atoms with van der Waals surface area (Å²) in [6.45, 7) is 1.40. The van der Waals surface area contributed by atoms with Crippen LogP contribution in [0.15, 0.2) is 29.2 Å². The van der Waals surface area contributed by atoms with Crippen LogP contribution in [0.4, 0.5) is 0 Å². The highest BCUT2D eigenvalue weighted by atomic mass is 32.2. The van der Waals surface area contributed by atoms with Gasteiger partial charge in [-0.3, -0.25) is 9.20 Å². The third-order valence-electron chi connectivity index (χ3n) is 3.25. The molecule has 0 spiro atoms. The molecule has 2 aromatic rings. The van der Waals surface area contributed by atoms with Crippen molar-refractivity contribution in [2.75, 3.05) is 20.6 Å². The molecule has 9 heteroatoms. The zero-order valence-electron chi connectivity index (χ0n) is 13.1. The normalized spacial score (nSPS) is 12.0. The van der Waals surface area contributed by atoms with E-state index in [1.165, 1.54) is 24.6 Å². The lowest BCUT2D eigenvalue weighted by molar-refractivity contribution is 0.392. The van der Waals surface area contributed by atoms with Crippen molar-refractivity contribution in [3.63, 3.8) is 0 Å². The van der Waals surface area contributed by atoms with Gasteiger partial charge in [0.1, 0.15) is 12.2 Å². The summed E-state index contributed by atoms with van der Waals surface area (Å²) in [4.78, 5) is 16.4. The molecule has 0 bridgehead atoms. The molecule has 0 amide bonds. The van der Waals surface area contributed by atoms with E-state index in [2.05, 4.69) is 4.98 Å². The average Bonchev–Trinajstić information content (AvgIpc) is 2.46. The van der Waals surface area contributed by atoms with Crippen molar-refractivity contribution in [3.05, 3.63) is 46.0 Å². The Bertz CT molecular complexity index is 928. The molecule has 8 nitrogen and oxygen atoms in total. The molecule has 0 aliphatic carbocycles. The second kappa shape index (κ2) is 6.45. The van der Waals surface area contributed by atoms with E-state index in [1.54, 1.807) is 18.3 Å². The van der Waals surface area contributed by atoms with Gasteiger partial charge in [-0.15, -0.1) is 0 Å². The molecule has 0 saturated carbocycles. The minimum Gasteiger partial charge on any atom is -0.269 e. The summed E-state index contributed by atoms with van der Waals surface area (Å²) in [5.74, 6) is 0. The van der Waals surface area contributed by atoms with Crippen LogP contribution in [0.5, 0.6) is 0 Å². The van der Waals surface area contributed by atoms with Crippen molar-refractivity contribution in [1.82, 2.24) is 18.0 Å². The van der Waals surface area contributed by atoms with E-state index in [0.717, 1.165) is 14.2 Å². The van der Waals surface area contributed by atoms with Gasteiger partial charge in [0.15, 0.2) is 0 Å². The van der Waals surface area contributed by atoms with Crippen LogP contribution in [0.3, 0.4) is 0 Å². The van der Waals surface area contributed by atoms with E-state index in [9.17, 15) is 13.2 Å². The number of aromatic nitrogens is 2. The lowest BCUT2D eigenvalue weighted by atomic mass is 10.3. The predicted octanol–water partition coefficient (Wildman–Crippen LogP) is 0.135.